The van der Waals surface area contributed by atoms with E-state index in [0.717, 1.165) is 30.0 Å². The average molecular weight is 356 g/mol. The van der Waals surface area contributed by atoms with Crippen molar-refractivity contribution in [3.05, 3.63) is 54.1 Å². The molecule has 2 aliphatic rings. The number of anilines is 3. The highest BCUT2D eigenvalue weighted by Gasteiger charge is 2.33. The van der Waals surface area contributed by atoms with Gasteiger partial charge in [0.05, 0.1) is 28.8 Å². The Morgan fingerprint density at radius 2 is 1.76 bits per heavy atom. The molecule has 0 saturated carbocycles. The molecule has 4 rings (SSSR count). The van der Waals surface area contributed by atoms with Gasteiger partial charge in [-0.1, -0.05) is 30.3 Å². The van der Waals surface area contributed by atoms with Gasteiger partial charge in [0.25, 0.3) is 0 Å². The topological polar surface area (TPSA) is 66.5 Å². The molecule has 0 radical (unpaired) electrons. The number of carbonyl (C=O) groups is 1. The highest BCUT2D eigenvalue weighted by molar-refractivity contribution is 7.91. The fourth-order valence-corrected chi connectivity index (χ4v) is 5.38. The molecule has 2 aromatic rings. The van der Waals surface area contributed by atoms with E-state index in [9.17, 15) is 13.2 Å². The SMILES string of the molecule is O=C(Nc1ccccc1N1CCc2ccccc21)[C@H]1CCS(=O)(=O)C1. The summed E-state index contributed by atoms with van der Waals surface area (Å²) in [6, 6.07) is 16.0. The number of amides is 1. The summed E-state index contributed by atoms with van der Waals surface area (Å²) in [5.41, 5.74) is 4.13. The van der Waals surface area contributed by atoms with E-state index >= 15 is 0 Å². The molecule has 1 N–H and O–H groups in total. The summed E-state index contributed by atoms with van der Waals surface area (Å²) < 4.78 is 23.2. The van der Waals surface area contributed by atoms with Crippen LogP contribution >= 0.6 is 0 Å². The molecule has 0 spiro atoms. The lowest BCUT2D eigenvalue weighted by molar-refractivity contribution is -0.119. The predicted molar refractivity (Wildman–Crippen MR) is 99.0 cm³/mol. The van der Waals surface area contributed by atoms with E-state index in [1.807, 2.05) is 36.4 Å². The zero-order chi connectivity index (χ0) is 17.4. The summed E-state index contributed by atoms with van der Waals surface area (Å²) in [7, 11) is -3.07. The van der Waals surface area contributed by atoms with E-state index in [2.05, 4.69) is 22.3 Å². The minimum absolute atomic E-state index is 0.0481. The number of fused-ring (bicyclic) bond motifs is 1. The second kappa shape index (κ2) is 6.19. The number of carbonyl (C=O) groups excluding carboxylic acids is 1. The number of hydrogen-bond acceptors (Lipinski definition) is 4. The highest BCUT2D eigenvalue weighted by atomic mass is 32.2. The van der Waals surface area contributed by atoms with Gasteiger partial charge in [0.1, 0.15) is 0 Å². The molecular formula is C19H20N2O3S. The van der Waals surface area contributed by atoms with Crippen LogP contribution in [-0.4, -0.2) is 32.4 Å². The van der Waals surface area contributed by atoms with E-state index in [1.165, 1.54) is 5.56 Å². The molecule has 1 saturated heterocycles. The fourth-order valence-electron chi connectivity index (χ4n) is 3.64. The van der Waals surface area contributed by atoms with Gasteiger partial charge in [-0.3, -0.25) is 4.79 Å². The van der Waals surface area contributed by atoms with E-state index in [4.69, 9.17) is 0 Å². The Morgan fingerprint density at radius 1 is 1.04 bits per heavy atom. The van der Waals surface area contributed by atoms with Crippen LogP contribution in [0.2, 0.25) is 0 Å². The largest absolute Gasteiger partial charge is 0.339 e. The minimum atomic E-state index is -3.07. The van der Waals surface area contributed by atoms with Crippen LogP contribution in [0.5, 0.6) is 0 Å². The zero-order valence-electron chi connectivity index (χ0n) is 13.8. The standard InChI is InChI=1S/C19H20N2O3S/c22-19(15-10-12-25(23,24)13-15)20-16-6-2-4-8-18(16)21-11-9-14-5-1-3-7-17(14)21/h1-8,15H,9-13H2,(H,20,22)/t15-/m0/s1. The summed E-state index contributed by atoms with van der Waals surface area (Å²) >= 11 is 0. The van der Waals surface area contributed by atoms with E-state index in [1.54, 1.807) is 0 Å². The lowest BCUT2D eigenvalue weighted by Gasteiger charge is -2.23. The summed E-state index contributed by atoms with van der Waals surface area (Å²) in [5, 5.41) is 2.95. The van der Waals surface area contributed by atoms with Gasteiger partial charge >= 0.3 is 0 Å². The van der Waals surface area contributed by atoms with Crippen molar-refractivity contribution in [3.8, 4) is 0 Å². The Balaban J connectivity index is 1.59. The molecule has 0 aromatic heterocycles. The molecule has 0 aliphatic carbocycles. The predicted octanol–water partition coefficient (Wildman–Crippen LogP) is 2.75. The first kappa shape index (κ1) is 16.1. The maximum Gasteiger partial charge on any atom is 0.228 e. The average Bonchev–Trinajstić information content (AvgIpc) is 3.18. The van der Waals surface area contributed by atoms with E-state index in [-0.39, 0.29) is 17.4 Å². The maximum atomic E-state index is 12.5. The van der Waals surface area contributed by atoms with Crippen LogP contribution in [-0.2, 0) is 21.1 Å². The number of nitrogens with one attached hydrogen (secondary N) is 1. The zero-order valence-corrected chi connectivity index (χ0v) is 14.6. The van der Waals surface area contributed by atoms with Crippen LogP contribution in [0.4, 0.5) is 17.1 Å². The highest BCUT2D eigenvalue weighted by Crippen LogP contribution is 2.38. The molecule has 1 amide bonds. The van der Waals surface area contributed by atoms with Crippen LogP contribution in [0.1, 0.15) is 12.0 Å². The molecule has 1 fully saturated rings. The number of rotatable bonds is 3. The first-order valence-electron chi connectivity index (χ1n) is 8.49. The molecule has 2 heterocycles. The monoisotopic (exact) mass is 356 g/mol. The van der Waals surface area contributed by atoms with Gasteiger partial charge in [-0.2, -0.15) is 0 Å². The third-order valence-electron chi connectivity index (χ3n) is 4.94. The normalized spacial score (nSPS) is 21.1. The lowest BCUT2D eigenvalue weighted by Crippen LogP contribution is -2.25. The van der Waals surface area contributed by atoms with Crippen LogP contribution in [0.3, 0.4) is 0 Å². The van der Waals surface area contributed by atoms with Crippen molar-refractivity contribution >= 4 is 32.8 Å². The molecule has 6 heteroatoms. The van der Waals surface area contributed by atoms with Crippen LogP contribution in [0, 0.1) is 5.92 Å². The van der Waals surface area contributed by atoms with Crippen molar-refractivity contribution in [1.82, 2.24) is 0 Å². The number of nitrogens with zero attached hydrogens (tertiary/aromatic N) is 1. The molecule has 2 aliphatic heterocycles. The minimum Gasteiger partial charge on any atom is -0.339 e. The molecule has 25 heavy (non-hydrogen) atoms. The Hall–Kier alpha value is -2.34. The van der Waals surface area contributed by atoms with Crippen molar-refractivity contribution in [2.24, 2.45) is 5.92 Å². The molecule has 130 valence electrons. The Labute approximate surface area is 147 Å². The van der Waals surface area contributed by atoms with Gasteiger partial charge in [-0.25, -0.2) is 8.42 Å². The van der Waals surface area contributed by atoms with Crippen molar-refractivity contribution in [3.63, 3.8) is 0 Å². The number of hydrogen-bond donors (Lipinski definition) is 1. The quantitative estimate of drug-likeness (QED) is 0.918. The maximum absolute atomic E-state index is 12.5. The van der Waals surface area contributed by atoms with Crippen LogP contribution in [0.15, 0.2) is 48.5 Å². The van der Waals surface area contributed by atoms with Crippen LogP contribution in [0.25, 0.3) is 0 Å². The molecule has 0 bridgehead atoms. The summed E-state index contributed by atoms with van der Waals surface area (Å²) in [4.78, 5) is 14.7. The lowest BCUT2D eigenvalue weighted by atomic mass is 10.1. The first-order chi connectivity index (χ1) is 12.0. The Morgan fingerprint density at radius 3 is 2.52 bits per heavy atom. The second-order valence-electron chi connectivity index (χ2n) is 6.64. The second-order valence-corrected chi connectivity index (χ2v) is 8.87. The van der Waals surface area contributed by atoms with E-state index < -0.39 is 15.8 Å². The number of benzene rings is 2. The molecular weight excluding hydrogens is 336 g/mol. The third-order valence-corrected chi connectivity index (χ3v) is 6.71. The molecule has 1 atom stereocenters. The van der Waals surface area contributed by atoms with Gasteiger partial charge in [0.2, 0.25) is 5.91 Å². The Bertz CT molecular complexity index is 924. The van der Waals surface area contributed by atoms with Crippen molar-refractivity contribution in [2.45, 2.75) is 12.8 Å². The number of sulfone groups is 1. The summed E-state index contributed by atoms with van der Waals surface area (Å²) in [6.45, 7) is 0.865. The fraction of sp³-hybridized carbons (Fsp3) is 0.316. The van der Waals surface area contributed by atoms with Gasteiger partial charge in [-0.15, -0.1) is 0 Å². The van der Waals surface area contributed by atoms with Gasteiger partial charge in [0.15, 0.2) is 9.84 Å². The van der Waals surface area contributed by atoms with Gasteiger partial charge in [0, 0.05) is 12.2 Å². The first-order valence-corrected chi connectivity index (χ1v) is 10.3. The third kappa shape index (κ3) is 3.14. The molecule has 0 unspecified atom stereocenters. The van der Waals surface area contributed by atoms with Crippen molar-refractivity contribution in [1.29, 1.82) is 0 Å². The van der Waals surface area contributed by atoms with Crippen molar-refractivity contribution < 1.29 is 13.2 Å². The van der Waals surface area contributed by atoms with Gasteiger partial charge < -0.3 is 10.2 Å². The van der Waals surface area contributed by atoms with Gasteiger partial charge in [-0.05, 0) is 36.6 Å². The number of para-hydroxylation sites is 3. The molecule has 5 nitrogen and oxygen atoms in total. The van der Waals surface area contributed by atoms with E-state index in [0.29, 0.717) is 6.42 Å². The van der Waals surface area contributed by atoms with Crippen molar-refractivity contribution in [2.75, 3.05) is 28.3 Å². The summed E-state index contributed by atoms with van der Waals surface area (Å²) in [5.74, 6) is -0.607. The summed E-state index contributed by atoms with van der Waals surface area (Å²) in [6.07, 6.45) is 1.38. The molecule has 2 aromatic carbocycles. The Kier molecular flexibility index (Phi) is 4.00. The smallest absolute Gasteiger partial charge is 0.228 e. The van der Waals surface area contributed by atoms with Crippen LogP contribution < -0.4 is 10.2 Å².